The van der Waals surface area contributed by atoms with Crippen LogP contribution in [0.3, 0.4) is 0 Å². The van der Waals surface area contributed by atoms with E-state index in [4.69, 9.17) is 5.84 Å². The standard InChI is InChI=1S/C7H15N3O2/c1-5-2-3-10(12)4-6(5)7(11)9-8/h5-6,10H,2-4,8H2,1H3,(H,9,11). The van der Waals surface area contributed by atoms with Crippen LogP contribution in [0.15, 0.2) is 0 Å². The Labute approximate surface area is 71.5 Å². The lowest BCUT2D eigenvalue weighted by Gasteiger charge is -2.35. The van der Waals surface area contributed by atoms with Crippen molar-refractivity contribution in [3.8, 4) is 0 Å². The number of quaternary nitrogens is 1. The summed E-state index contributed by atoms with van der Waals surface area (Å²) < 4.78 is 0. The summed E-state index contributed by atoms with van der Waals surface area (Å²) in [7, 11) is 0. The maximum absolute atomic E-state index is 11.1. The molecular formula is C7H15N3O2. The number of carbonyl (C=O) groups is 1. The third-order valence-corrected chi connectivity index (χ3v) is 2.49. The number of nitrogens with one attached hydrogen (secondary N) is 2. The second-order valence-corrected chi connectivity index (χ2v) is 3.37. The van der Waals surface area contributed by atoms with Crippen molar-refractivity contribution < 1.29 is 9.86 Å². The number of hydroxylamine groups is 2. The Morgan fingerprint density at radius 1 is 1.75 bits per heavy atom. The van der Waals surface area contributed by atoms with Crippen LogP contribution in [0.2, 0.25) is 0 Å². The van der Waals surface area contributed by atoms with Crippen LogP contribution in [0, 0.1) is 17.0 Å². The molecule has 12 heavy (non-hydrogen) atoms. The quantitative estimate of drug-likeness (QED) is 0.186. The molecule has 5 nitrogen and oxygen atoms in total. The van der Waals surface area contributed by atoms with Crippen LogP contribution >= 0.6 is 0 Å². The van der Waals surface area contributed by atoms with Crippen molar-refractivity contribution in [2.75, 3.05) is 13.1 Å². The van der Waals surface area contributed by atoms with Crippen molar-refractivity contribution in [1.29, 1.82) is 0 Å². The SMILES string of the molecule is CC1CC[NH+]([O-])CC1C(=O)NN. The number of amides is 1. The first kappa shape index (κ1) is 9.44. The van der Waals surface area contributed by atoms with Crippen molar-refractivity contribution in [3.63, 3.8) is 0 Å². The van der Waals surface area contributed by atoms with Gasteiger partial charge in [-0.2, -0.15) is 0 Å². The van der Waals surface area contributed by atoms with E-state index in [1.54, 1.807) is 0 Å². The molecule has 4 N–H and O–H groups in total. The molecule has 0 aromatic rings. The van der Waals surface area contributed by atoms with Crippen molar-refractivity contribution in [2.45, 2.75) is 13.3 Å². The highest BCUT2D eigenvalue weighted by Crippen LogP contribution is 2.15. The number of carbonyl (C=O) groups excluding carboxylic acids is 1. The molecule has 3 unspecified atom stereocenters. The summed E-state index contributed by atoms with van der Waals surface area (Å²) in [5.74, 6) is 4.85. The van der Waals surface area contributed by atoms with E-state index in [-0.39, 0.29) is 22.8 Å². The second kappa shape index (κ2) is 3.84. The molecule has 0 spiro atoms. The molecule has 3 atom stereocenters. The molecule has 1 aliphatic rings. The Bertz CT molecular complexity index is 174. The number of hydrazine groups is 1. The zero-order valence-electron chi connectivity index (χ0n) is 7.17. The molecule has 1 saturated heterocycles. The van der Waals surface area contributed by atoms with E-state index in [1.165, 1.54) is 0 Å². The summed E-state index contributed by atoms with van der Waals surface area (Å²) in [4.78, 5) is 11.1. The van der Waals surface area contributed by atoms with Crippen LogP contribution < -0.4 is 16.3 Å². The first-order valence-corrected chi connectivity index (χ1v) is 4.17. The van der Waals surface area contributed by atoms with Gasteiger partial charge in [0.2, 0.25) is 5.91 Å². The summed E-state index contributed by atoms with van der Waals surface area (Å²) in [5, 5.41) is 11.2. The molecule has 0 bridgehead atoms. The van der Waals surface area contributed by atoms with Gasteiger partial charge in [0, 0.05) is 6.42 Å². The zero-order valence-corrected chi connectivity index (χ0v) is 7.17. The molecule has 1 rings (SSSR count). The Hall–Kier alpha value is -0.650. The highest BCUT2D eigenvalue weighted by Gasteiger charge is 2.31. The number of nitrogens with two attached hydrogens (primary N) is 1. The molecule has 0 radical (unpaired) electrons. The summed E-state index contributed by atoms with van der Waals surface area (Å²) >= 11 is 0. The topological polar surface area (TPSA) is 82.6 Å². The predicted octanol–water partition coefficient (Wildman–Crippen LogP) is -1.98. The van der Waals surface area contributed by atoms with Crippen LogP contribution in [0.25, 0.3) is 0 Å². The molecule has 1 fully saturated rings. The summed E-state index contributed by atoms with van der Waals surface area (Å²) in [6, 6.07) is 0. The van der Waals surface area contributed by atoms with Gasteiger partial charge in [0.25, 0.3) is 0 Å². The van der Waals surface area contributed by atoms with E-state index in [0.29, 0.717) is 13.1 Å². The van der Waals surface area contributed by atoms with E-state index in [1.807, 2.05) is 6.92 Å². The van der Waals surface area contributed by atoms with Gasteiger partial charge in [0.1, 0.15) is 0 Å². The van der Waals surface area contributed by atoms with Crippen molar-refractivity contribution in [1.82, 2.24) is 5.43 Å². The van der Waals surface area contributed by atoms with Gasteiger partial charge in [0.05, 0.1) is 19.0 Å². The second-order valence-electron chi connectivity index (χ2n) is 3.37. The number of piperidine rings is 1. The fraction of sp³-hybridized carbons (Fsp3) is 0.857. The van der Waals surface area contributed by atoms with Gasteiger partial charge >= 0.3 is 0 Å². The Morgan fingerprint density at radius 3 is 3.00 bits per heavy atom. The summed E-state index contributed by atoms with van der Waals surface area (Å²) in [6.07, 6.45) is 0.802. The maximum Gasteiger partial charge on any atom is 0.242 e. The van der Waals surface area contributed by atoms with Gasteiger partial charge in [-0.25, -0.2) is 5.84 Å². The maximum atomic E-state index is 11.1. The minimum absolute atomic E-state index is 0.168. The van der Waals surface area contributed by atoms with Gasteiger partial charge in [-0.05, 0) is 5.92 Å². The fourth-order valence-corrected chi connectivity index (χ4v) is 1.60. The Balaban J connectivity index is 2.54. The van der Waals surface area contributed by atoms with E-state index in [9.17, 15) is 10.0 Å². The first-order chi connectivity index (χ1) is 5.65. The van der Waals surface area contributed by atoms with Gasteiger partial charge < -0.3 is 10.3 Å². The molecule has 0 aromatic heterocycles. The molecule has 70 valence electrons. The van der Waals surface area contributed by atoms with Gasteiger partial charge in [-0.1, -0.05) is 6.92 Å². The van der Waals surface area contributed by atoms with Crippen LogP contribution in [-0.4, -0.2) is 19.0 Å². The fourth-order valence-electron chi connectivity index (χ4n) is 1.60. The molecule has 0 saturated carbocycles. The normalized spacial score (nSPS) is 36.1. The van der Waals surface area contributed by atoms with Crippen LogP contribution in [0.5, 0.6) is 0 Å². The van der Waals surface area contributed by atoms with Crippen LogP contribution in [0.1, 0.15) is 13.3 Å². The molecule has 1 heterocycles. The first-order valence-electron chi connectivity index (χ1n) is 4.17. The summed E-state index contributed by atoms with van der Waals surface area (Å²) in [5.41, 5.74) is 2.09. The smallest absolute Gasteiger partial charge is 0.242 e. The number of rotatable bonds is 1. The van der Waals surface area contributed by atoms with E-state index < -0.39 is 0 Å². The predicted molar refractivity (Wildman–Crippen MR) is 43.7 cm³/mol. The van der Waals surface area contributed by atoms with Crippen molar-refractivity contribution >= 4 is 5.91 Å². The van der Waals surface area contributed by atoms with Crippen LogP contribution in [0.4, 0.5) is 0 Å². The van der Waals surface area contributed by atoms with E-state index >= 15 is 0 Å². The average Bonchev–Trinajstić information content (AvgIpc) is 2.08. The molecule has 1 aliphatic heterocycles. The highest BCUT2D eigenvalue weighted by atomic mass is 16.5. The van der Waals surface area contributed by atoms with Gasteiger partial charge in [0.15, 0.2) is 0 Å². The highest BCUT2D eigenvalue weighted by molar-refractivity contribution is 5.78. The third kappa shape index (κ3) is 1.94. The molecule has 0 aromatic carbocycles. The number of hydrogen-bond acceptors (Lipinski definition) is 3. The average molecular weight is 173 g/mol. The molecule has 0 aliphatic carbocycles. The summed E-state index contributed by atoms with van der Waals surface area (Å²) in [6.45, 7) is 2.94. The lowest BCUT2D eigenvalue weighted by molar-refractivity contribution is -0.857. The third-order valence-electron chi connectivity index (χ3n) is 2.49. The lowest BCUT2D eigenvalue weighted by Crippen LogP contribution is -3.09. The van der Waals surface area contributed by atoms with Crippen LogP contribution in [-0.2, 0) is 4.79 Å². The lowest BCUT2D eigenvalue weighted by atomic mass is 9.87. The van der Waals surface area contributed by atoms with E-state index in [0.717, 1.165) is 6.42 Å². The van der Waals surface area contributed by atoms with Gasteiger partial charge in [-0.3, -0.25) is 10.2 Å². The molecule has 1 amide bonds. The molecular weight excluding hydrogens is 158 g/mol. The van der Waals surface area contributed by atoms with Crippen molar-refractivity contribution in [2.24, 2.45) is 17.7 Å². The minimum Gasteiger partial charge on any atom is -0.634 e. The molecule has 5 heteroatoms. The van der Waals surface area contributed by atoms with Crippen molar-refractivity contribution in [3.05, 3.63) is 5.21 Å². The van der Waals surface area contributed by atoms with E-state index in [2.05, 4.69) is 5.43 Å². The Morgan fingerprint density at radius 2 is 2.42 bits per heavy atom. The number of hydrogen-bond donors (Lipinski definition) is 3. The largest absolute Gasteiger partial charge is 0.634 e. The monoisotopic (exact) mass is 173 g/mol. The Kier molecular flexibility index (Phi) is 3.02. The minimum atomic E-state index is -0.212. The van der Waals surface area contributed by atoms with Gasteiger partial charge in [-0.15, -0.1) is 0 Å². The zero-order chi connectivity index (χ0) is 9.14.